The van der Waals surface area contributed by atoms with Gasteiger partial charge in [-0.2, -0.15) is 0 Å². The van der Waals surface area contributed by atoms with E-state index < -0.39 is 11.7 Å². The van der Waals surface area contributed by atoms with Gasteiger partial charge in [-0.3, -0.25) is 9.36 Å². The molecule has 0 bridgehead atoms. The number of rotatable bonds is 6. The minimum absolute atomic E-state index is 0.272. The molecule has 5 rings (SSSR count). The maximum Gasteiger partial charge on any atom is 0.420 e. The second-order valence-electron chi connectivity index (χ2n) is 6.80. The molecule has 5 aromatic rings. The molecule has 0 saturated carbocycles. The molecule has 3 aromatic heterocycles. The molecule has 0 aliphatic rings. The predicted molar refractivity (Wildman–Crippen MR) is 113 cm³/mol. The second-order valence-corrected chi connectivity index (χ2v) is 6.80. The number of H-pyrrole nitrogens is 1. The summed E-state index contributed by atoms with van der Waals surface area (Å²) in [6.07, 6.45) is 3.24. The third-order valence-corrected chi connectivity index (χ3v) is 4.64. The number of ether oxygens (including phenoxy) is 1. The lowest BCUT2D eigenvalue weighted by atomic mass is 10.2. The molecule has 31 heavy (non-hydrogen) atoms. The van der Waals surface area contributed by atoms with Gasteiger partial charge in [0.1, 0.15) is 24.4 Å². The quantitative estimate of drug-likeness (QED) is 0.386. The van der Waals surface area contributed by atoms with E-state index in [-0.39, 0.29) is 6.54 Å². The average molecular weight is 416 g/mol. The zero-order chi connectivity index (χ0) is 21.4. The molecular weight excluding hydrogens is 400 g/mol. The van der Waals surface area contributed by atoms with Crippen LogP contribution in [-0.4, -0.2) is 25.4 Å². The zero-order valence-electron chi connectivity index (χ0n) is 16.0. The van der Waals surface area contributed by atoms with Gasteiger partial charge in [-0.15, -0.1) is 0 Å². The first-order chi connectivity index (χ1) is 15.0. The second kappa shape index (κ2) is 7.34. The summed E-state index contributed by atoms with van der Waals surface area (Å²) < 4.78 is 12.2. The molecule has 4 N–H and O–H groups in total. The van der Waals surface area contributed by atoms with E-state index in [1.807, 2.05) is 30.5 Å². The first-order valence-corrected chi connectivity index (χ1v) is 9.31. The van der Waals surface area contributed by atoms with Crippen LogP contribution in [0.25, 0.3) is 22.0 Å². The maximum atomic E-state index is 12.0. The molecule has 0 aliphatic heterocycles. The minimum Gasteiger partial charge on any atom is -0.439 e. The monoisotopic (exact) mass is 416 g/mol. The summed E-state index contributed by atoms with van der Waals surface area (Å²) in [7, 11) is 0. The van der Waals surface area contributed by atoms with Crippen molar-refractivity contribution in [1.82, 2.24) is 19.5 Å². The minimum atomic E-state index is -0.650. The molecule has 0 spiro atoms. The highest BCUT2D eigenvalue weighted by Crippen LogP contribution is 2.26. The lowest BCUT2D eigenvalue weighted by Crippen LogP contribution is -2.24. The summed E-state index contributed by atoms with van der Waals surface area (Å²) in [5, 5.41) is 4.16. The Labute approximate surface area is 174 Å². The molecule has 0 unspecified atom stereocenters. The Morgan fingerprint density at radius 1 is 1.16 bits per heavy atom. The third-order valence-electron chi connectivity index (χ3n) is 4.64. The highest BCUT2D eigenvalue weighted by Gasteiger charge is 2.12. The van der Waals surface area contributed by atoms with Crippen LogP contribution in [0, 0.1) is 0 Å². The number of fused-ring (bicyclic) bond motifs is 2. The van der Waals surface area contributed by atoms with Gasteiger partial charge in [0.25, 0.3) is 0 Å². The summed E-state index contributed by atoms with van der Waals surface area (Å²) >= 11 is 0. The molecule has 1 amide bonds. The van der Waals surface area contributed by atoms with Crippen molar-refractivity contribution >= 4 is 39.4 Å². The maximum absolute atomic E-state index is 12.0. The normalized spacial score (nSPS) is 11.1. The number of carbonyl (C=O) groups is 1. The van der Waals surface area contributed by atoms with E-state index >= 15 is 0 Å². The van der Waals surface area contributed by atoms with Gasteiger partial charge < -0.3 is 25.2 Å². The Balaban J connectivity index is 1.40. The Bertz CT molecular complexity index is 1480. The van der Waals surface area contributed by atoms with Crippen LogP contribution in [-0.2, 0) is 11.3 Å². The molecule has 0 fully saturated rings. The number of hydrogen-bond acceptors (Lipinski definition) is 7. The van der Waals surface area contributed by atoms with Crippen molar-refractivity contribution in [2.45, 2.75) is 6.54 Å². The van der Waals surface area contributed by atoms with Gasteiger partial charge in [0.15, 0.2) is 5.58 Å². The van der Waals surface area contributed by atoms with E-state index in [0.717, 1.165) is 10.9 Å². The van der Waals surface area contributed by atoms with Crippen molar-refractivity contribution in [3.63, 3.8) is 0 Å². The average Bonchev–Trinajstić information content (AvgIpc) is 3.32. The van der Waals surface area contributed by atoms with Crippen molar-refractivity contribution in [2.75, 3.05) is 5.32 Å². The third kappa shape index (κ3) is 3.69. The molecule has 10 heteroatoms. The van der Waals surface area contributed by atoms with Crippen LogP contribution >= 0.6 is 0 Å². The summed E-state index contributed by atoms with van der Waals surface area (Å²) in [5.41, 5.74) is 7.66. The molecular formula is C21H16N6O4. The van der Waals surface area contributed by atoms with Crippen LogP contribution in [0.3, 0.4) is 0 Å². The largest absolute Gasteiger partial charge is 0.439 e. The fraction of sp³-hybridized carbons (Fsp3) is 0.0476. The number of amides is 1. The number of oxazole rings is 1. The molecule has 0 aliphatic carbocycles. The Morgan fingerprint density at radius 2 is 2.06 bits per heavy atom. The molecule has 2 aromatic carbocycles. The topological polar surface area (TPSA) is 141 Å². The lowest BCUT2D eigenvalue weighted by molar-refractivity contribution is -0.118. The fourth-order valence-electron chi connectivity index (χ4n) is 3.27. The summed E-state index contributed by atoms with van der Waals surface area (Å²) in [4.78, 5) is 34.7. The number of aromatic nitrogens is 4. The Kier molecular flexibility index (Phi) is 4.36. The van der Waals surface area contributed by atoms with Crippen LogP contribution < -0.4 is 21.5 Å². The van der Waals surface area contributed by atoms with Gasteiger partial charge in [0.2, 0.25) is 11.8 Å². The smallest absolute Gasteiger partial charge is 0.420 e. The van der Waals surface area contributed by atoms with Crippen molar-refractivity contribution in [3.8, 4) is 11.6 Å². The number of nitrogens with zero attached hydrogens (tertiary/aromatic N) is 3. The van der Waals surface area contributed by atoms with E-state index in [2.05, 4.69) is 20.3 Å². The van der Waals surface area contributed by atoms with Crippen LogP contribution in [0.5, 0.6) is 11.6 Å². The number of nitrogens with one attached hydrogen (secondary N) is 2. The predicted octanol–water partition coefficient (Wildman–Crippen LogP) is 2.89. The van der Waals surface area contributed by atoms with E-state index in [0.29, 0.717) is 34.2 Å². The van der Waals surface area contributed by atoms with Gasteiger partial charge in [0.05, 0.1) is 5.52 Å². The number of anilines is 2. The highest BCUT2D eigenvalue weighted by molar-refractivity contribution is 5.82. The van der Waals surface area contributed by atoms with Gasteiger partial charge in [0, 0.05) is 28.9 Å². The summed E-state index contributed by atoms with van der Waals surface area (Å²) in [5.74, 6) is 0.204. The fourth-order valence-corrected chi connectivity index (χ4v) is 3.27. The molecule has 3 heterocycles. The number of nitrogens with two attached hydrogens (primary N) is 1. The molecule has 0 radical (unpaired) electrons. The van der Waals surface area contributed by atoms with Gasteiger partial charge in [-0.1, -0.05) is 0 Å². The summed E-state index contributed by atoms with van der Waals surface area (Å²) in [6, 6.07) is 14.3. The molecule has 0 atom stereocenters. The Hall–Kier alpha value is -4.60. The SMILES string of the molecule is NC(=O)Cn1c(=O)oc2ccc(Nc3cc(Oc4ccc5[nH]ccc5c4)ncn3)cc21. The van der Waals surface area contributed by atoms with Gasteiger partial charge >= 0.3 is 5.76 Å². The highest BCUT2D eigenvalue weighted by atomic mass is 16.5. The zero-order valence-corrected chi connectivity index (χ0v) is 16.0. The van der Waals surface area contributed by atoms with Crippen LogP contribution in [0.4, 0.5) is 11.5 Å². The number of primary amides is 1. The van der Waals surface area contributed by atoms with E-state index in [1.54, 1.807) is 24.3 Å². The van der Waals surface area contributed by atoms with Crippen molar-refractivity contribution in [2.24, 2.45) is 5.73 Å². The number of benzene rings is 2. The standard InChI is InChI=1S/C21H16N6O4/c22-18(28)10-27-16-8-13(1-4-17(16)31-21(27)29)26-19-9-20(25-11-24-19)30-14-2-3-15-12(7-14)5-6-23-15/h1-9,11,23H,10H2,(H2,22,28)(H,24,25,26). The van der Waals surface area contributed by atoms with Crippen LogP contribution in [0.1, 0.15) is 0 Å². The van der Waals surface area contributed by atoms with Crippen molar-refractivity contribution in [1.29, 1.82) is 0 Å². The van der Waals surface area contributed by atoms with Crippen molar-refractivity contribution < 1.29 is 13.9 Å². The van der Waals surface area contributed by atoms with Gasteiger partial charge in [-0.05, 0) is 42.5 Å². The molecule has 154 valence electrons. The summed E-state index contributed by atoms with van der Waals surface area (Å²) in [6.45, 7) is -0.272. The number of aromatic amines is 1. The Morgan fingerprint density at radius 3 is 2.94 bits per heavy atom. The van der Waals surface area contributed by atoms with E-state index in [1.165, 1.54) is 10.9 Å². The van der Waals surface area contributed by atoms with Gasteiger partial charge in [-0.25, -0.2) is 14.8 Å². The van der Waals surface area contributed by atoms with Crippen LogP contribution in [0.15, 0.2) is 70.3 Å². The van der Waals surface area contributed by atoms with E-state index in [4.69, 9.17) is 14.9 Å². The lowest BCUT2D eigenvalue weighted by Gasteiger charge is -2.08. The van der Waals surface area contributed by atoms with E-state index in [9.17, 15) is 9.59 Å². The molecule has 0 saturated heterocycles. The first kappa shape index (κ1) is 18.4. The molecule has 10 nitrogen and oxygen atoms in total. The van der Waals surface area contributed by atoms with Crippen molar-refractivity contribution in [3.05, 3.63) is 71.6 Å². The first-order valence-electron chi connectivity index (χ1n) is 9.31. The number of hydrogen-bond donors (Lipinski definition) is 3. The van der Waals surface area contributed by atoms with Crippen LogP contribution in [0.2, 0.25) is 0 Å². The number of carbonyl (C=O) groups excluding carboxylic acids is 1.